The number of anilines is 1. The lowest BCUT2D eigenvalue weighted by Crippen LogP contribution is -2.30. The summed E-state index contributed by atoms with van der Waals surface area (Å²) in [6, 6.07) is 3.92. The summed E-state index contributed by atoms with van der Waals surface area (Å²) in [7, 11) is 0. The van der Waals surface area contributed by atoms with E-state index in [1.54, 1.807) is 23.7 Å². The number of pyridine rings is 1. The first-order valence-corrected chi connectivity index (χ1v) is 9.56. The van der Waals surface area contributed by atoms with Crippen molar-refractivity contribution in [2.75, 3.05) is 11.9 Å². The van der Waals surface area contributed by atoms with Crippen molar-refractivity contribution in [3.8, 4) is 11.4 Å². The van der Waals surface area contributed by atoms with Crippen LogP contribution in [0.15, 0.2) is 34.4 Å². The van der Waals surface area contributed by atoms with E-state index in [2.05, 4.69) is 40.1 Å². The van der Waals surface area contributed by atoms with Gasteiger partial charge in [0.1, 0.15) is 11.3 Å². The Morgan fingerprint density at radius 1 is 1.25 bits per heavy atom. The van der Waals surface area contributed by atoms with E-state index in [1.807, 2.05) is 17.5 Å². The standard InChI is InChI=1S/C17H20BrN5S/c1-10(2)7-12(19)8-21-17-15-14(13(18)9-24-15)22-16(23-17)11-3-5-20-6-4-11/h3-6,9-10,12H,7-8,19H2,1-2H3,(H,21,22,23)/t12-/m0/s1. The summed E-state index contributed by atoms with van der Waals surface area (Å²) < 4.78 is 2.02. The van der Waals surface area contributed by atoms with E-state index in [-0.39, 0.29) is 6.04 Å². The lowest BCUT2D eigenvalue weighted by molar-refractivity contribution is 0.508. The van der Waals surface area contributed by atoms with Gasteiger partial charge in [0, 0.05) is 35.9 Å². The molecule has 7 heteroatoms. The molecule has 5 nitrogen and oxygen atoms in total. The van der Waals surface area contributed by atoms with Crippen molar-refractivity contribution in [3.05, 3.63) is 34.4 Å². The Kier molecular flexibility index (Phi) is 5.43. The van der Waals surface area contributed by atoms with Crippen molar-refractivity contribution in [2.45, 2.75) is 26.3 Å². The summed E-state index contributed by atoms with van der Waals surface area (Å²) in [5.41, 5.74) is 8.06. The first-order valence-electron chi connectivity index (χ1n) is 7.89. The molecule has 0 aromatic carbocycles. The van der Waals surface area contributed by atoms with Gasteiger partial charge in [-0.25, -0.2) is 9.97 Å². The first-order chi connectivity index (χ1) is 11.5. The first kappa shape index (κ1) is 17.3. The Morgan fingerprint density at radius 2 is 2.00 bits per heavy atom. The third-order valence-electron chi connectivity index (χ3n) is 3.62. The van der Waals surface area contributed by atoms with Crippen molar-refractivity contribution in [1.82, 2.24) is 15.0 Å². The molecule has 0 unspecified atom stereocenters. The third kappa shape index (κ3) is 3.91. The number of nitrogens with zero attached hydrogens (tertiary/aromatic N) is 3. The summed E-state index contributed by atoms with van der Waals surface area (Å²) >= 11 is 5.20. The van der Waals surface area contributed by atoms with E-state index in [9.17, 15) is 0 Å². The van der Waals surface area contributed by atoms with Crippen LogP contribution in [0.5, 0.6) is 0 Å². The van der Waals surface area contributed by atoms with Crippen molar-refractivity contribution in [3.63, 3.8) is 0 Å². The van der Waals surface area contributed by atoms with Crippen molar-refractivity contribution >= 4 is 43.3 Å². The lowest BCUT2D eigenvalue weighted by atomic mass is 10.0. The van der Waals surface area contributed by atoms with Crippen LogP contribution >= 0.6 is 27.3 Å². The number of halogens is 1. The van der Waals surface area contributed by atoms with Gasteiger partial charge >= 0.3 is 0 Å². The SMILES string of the molecule is CC(C)C[C@H](N)CNc1nc(-c2ccncc2)nc2c(Br)csc12. The molecule has 0 radical (unpaired) electrons. The molecule has 0 saturated carbocycles. The maximum Gasteiger partial charge on any atom is 0.162 e. The monoisotopic (exact) mass is 405 g/mol. The molecule has 24 heavy (non-hydrogen) atoms. The highest BCUT2D eigenvalue weighted by molar-refractivity contribution is 9.10. The van der Waals surface area contributed by atoms with Crippen LogP contribution in [0.1, 0.15) is 20.3 Å². The largest absolute Gasteiger partial charge is 0.367 e. The smallest absolute Gasteiger partial charge is 0.162 e. The fourth-order valence-electron chi connectivity index (χ4n) is 2.56. The minimum Gasteiger partial charge on any atom is -0.367 e. The van der Waals surface area contributed by atoms with E-state index >= 15 is 0 Å². The molecular formula is C17H20BrN5S. The van der Waals surface area contributed by atoms with Crippen LogP contribution in [-0.2, 0) is 0 Å². The minimum atomic E-state index is 0.0998. The van der Waals surface area contributed by atoms with Gasteiger partial charge in [0.2, 0.25) is 0 Å². The molecule has 0 amide bonds. The number of nitrogens with two attached hydrogens (primary N) is 1. The fraction of sp³-hybridized carbons (Fsp3) is 0.353. The summed E-state index contributed by atoms with van der Waals surface area (Å²) in [6.45, 7) is 5.05. The normalized spacial score (nSPS) is 12.7. The second kappa shape index (κ2) is 7.55. The molecule has 0 aliphatic carbocycles. The van der Waals surface area contributed by atoms with E-state index in [0.717, 1.165) is 32.5 Å². The average molecular weight is 406 g/mol. The van der Waals surface area contributed by atoms with Crippen LogP contribution in [0.25, 0.3) is 21.6 Å². The van der Waals surface area contributed by atoms with Gasteiger partial charge in [-0.2, -0.15) is 0 Å². The number of hydrogen-bond donors (Lipinski definition) is 2. The average Bonchev–Trinajstić information content (AvgIpc) is 2.94. The Labute approximate surface area is 153 Å². The zero-order valence-corrected chi connectivity index (χ0v) is 16.1. The molecule has 0 spiro atoms. The number of aromatic nitrogens is 3. The number of fused-ring (bicyclic) bond motifs is 1. The Hall–Kier alpha value is -1.57. The van der Waals surface area contributed by atoms with Crippen LogP contribution in [0.2, 0.25) is 0 Å². The van der Waals surface area contributed by atoms with Gasteiger partial charge in [0.05, 0.1) is 9.17 Å². The molecule has 3 aromatic heterocycles. The predicted octanol–water partition coefficient (Wildman–Crippen LogP) is 4.30. The van der Waals surface area contributed by atoms with E-state index in [4.69, 9.17) is 15.7 Å². The minimum absolute atomic E-state index is 0.0998. The van der Waals surface area contributed by atoms with Crippen LogP contribution in [0.3, 0.4) is 0 Å². The zero-order chi connectivity index (χ0) is 17.1. The summed E-state index contributed by atoms with van der Waals surface area (Å²) in [5.74, 6) is 2.10. The van der Waals surface area contributed by atoms with Gasteiger partial charge in [-0.15, -0.1) is 11.3 Å². The highest BCUT2D eigenvalue weighted by Crippen LogP contribution is 2.34. The molecule has 126 valence electrons. The molecule has 3 N–H and O–H groups in total. The maximum absolute atomic E-state index is 6.20. The van der Waals surface area contributed by atoms with Gasteiger partial charge in [0.25, 0.3) is 0 Å². The van der Waals surface area contributed by atoms with E-state index in [1.165, 1.54) is 0 Å². The number of hydrogen-bond acceptors (Lipinski definition) is 6. The van der Waals surface area contributed by atoms with Crippen LogP contribution in [-0.4, -0.2) is 27.5 Å². The Balaban J connectivity index is 1.94. The lowest BCUT2D eigenvalue weighted by Gasteiger charge is -2.16. The predicted molar refractivity (Wildman–Crippen MR) is 104 cm³/mol. The van der Waals surface area contributed by atoms with Crippen LogP contribution in [0.4, 0.5) is 5.82 Å². The molecule has 0 bridgehead atoms. The van der Waals surface area contributed by atoms with Crippen LogP contribution in [0, 0.1) is 5.92 Å². The van der Waals surface area contributed by atoms with Crippen molar-refractivity contribution < 1.29 is 0 Å². The molecule has 3 rings (SSSR count). The molecule has 0 fully saturated rings. The molecule has 3 aromatic rings. The third-order valence-corrected chi connectivity index (χ3v) is 5.50. The number of nitrogens with one attached hydrogen (secondary N) is 1. The summed E-state index contributed by atoms with van der Waals surface area (Å²) in [4.78, 5) is 13.5. The second-order valence-electron chi connectivity index (χ2n) is 6.16. The van der Waals surface area contributed by atoms with Gasteiger partial charge in [-0.05, 0) is 40.4 Å². The van der Waals surface area contributed by atoms with E-state index < -0.39 is 0 Å². The number of rotatable bonds is 6. The maximum atomic E-state index is 6.20. The Bertz CT molecular complexity index is 818. The van der Waals surface area contributed by atoms with Gasteiger partial charge in [-0.3, -0.25) is 4.98 Å². The zero-order valence-electron chi connectivity index (χ0n) is 13.7. The van der Waals surface area contributed by atoms with Crippen molar-refractivity contribution in [1.29, 1.82) is 0 Å². The van der Waals surface area contributed by atoms with Crippen molar-refractivity contribution in [2.24, 2.45) is 11.7 Å². The molecule has 3 heterocycles. The fourth-order valence-corrected chi connectivity index (χ4v) is 4.09. The molecule has 0 aliphatic heterocycles. The summed E-state index contributed by atoms with van der Waals surface area (Å²) in [6.07, 6.45) is 4.47. The Morgan fingerprint density at radius 3 is 2.71 bits per heavy atom. The van der Waals surface area contributed by atoms with Gasteiger partial charge in [0.15, 0.2) is 5.82 Å². The van der Waals surface area contributed by atoms with E-state index in [0.29, 0.717) is 18.3 Å². The highest BCUT2D eigenvalue weighted by Gasteiger charge is 2.14. The van der Waals surface area contributed by atoms with Crippen LogP contribution < -0.4 is 11.1 Å². The second-order valence-corrected chi connectivity index (χ2v) is 7.90. The molecule has 0 aliphatic rings. The summed E-state index contributed by atoms with van der Waals surface area (Å²) in [5, 5.41) is 5.45. The molecule has 0 saturated heterocycles. The number of thiophene rings is 1. The van der Waals surface area contributed by atoms with Gasteiger partial charge < -0.3 is 11.1 Å². The van der Waals surface area contributed by atoms with Gasteiger partial charge in [-0.1, -0.05) is 13.8 Å². The topological polar surface area (TPSA) is 76.7 Å². The highest BCUT2D eigenvalue weighted by atomic mass is 79.9. The quantitative estimate of drug-likeness (QED) is 0.638. The molecule has 1 atom stereocenters. The molecular weight excluding hydrogens is 386 g/mol.